The van der Waals surface area contributed by atoms with Crippen LogP contribution in [0.1, 0.15) is 65.2 Å². The number of carboxylic acids is 1. The van der Waals surface area contributed by atoms with Crippen molar-refractivity contribution in [3.63, 3.8) is 0 Å². The molecule has 1 fully saturated rings. The Balaban J connectivity index is 1.39. The number of aryl methyl sites for hydroxylation is 2. The third-order valence-electron chi connectivity index (χ3n) is 3.88. The Morgan fingerprint density at radius 2 is 2.21 bits per heavy atom. The number of hydrogen-bond donors (Lipinski definition) is 2. The second-order valence-corrected chi connectivity index (χ2v) is 5.94. The van der Waals surface area contributed by atoms with E-state index in [0.717, 1.165) is 18.7 Å². The summed E-state index contributed by atoms with van der Waals surface area (Å²) in [5.41, 5.74) is 0.113. The van der Waals surface area contributed by atoms with Crippen molar-refractivity contribution in [3.05, 3.63) is 34.9 Å². The van der Waals surface area contributed by atoms with Crippen molar-refractivity contribution in [3.8, 4) is 0 Å². The fourth-order valence-electron chi connectivity index (χ4n) is 2.39. The van der Waals surface area contributed by atoms with E-state index in [2.05, 4.69) is 15.5 Å². The van der Waals surface area contributed by atoms with Gasteiger partial charge in [-0.25, -0.2) is 4.79 Å². The van der Waals surface area contributed by atoms with Gasteiger partial charge in [-0.2, -0.15) is 4.98 Å². The molecule has 1 amide bonds. The molecule has 0 atom stereocenters. The van der Waals surface area contributed by atoms with Crippen LogP contribution in [0.15, 0.2) is 15.0 Å². The fraction of sp³-hybridized carbons (Fsp3) is 0.500. The highest BCUT2D eigenvalue weighted by Gasteiger charge is 2.28. The maximum Gasteiger partial charge on any atom is 0.339 e. The number of rotatable bonds is 8. The number of nitrogens with zero attached hydrogens (tertiary/aromatic N) is 2. The predicted molar refractivity (Wildman–Crippen MR) is 81.5 cm³/mol. The van der Waals surface area contributed by atoms with E-state index in [4.69, 9.17) is 14.0 Å². The normalized spacial score (nSPS) is 13.9. The van der Waals surface area contributed by atoms with Crippen molar-refractivity contribution in [2.45, 2.75) is 51.5 Å². The van der Waals surface area contributed by atoms with Crippen molar-refractivity contribution < 1.29 is 23.6 Å². The maximum atomic E-state index is 11.8. The van der Waals surface area contributed by atoms with E-state index in [1.807, 2.05) is 0 Å². The van der Waals surface area contributed by atoms with Gasteiger partial charge in [0.2, 0.25) is 11.8 Å². The molecule has 0 saturated heterocycles. The van der Waals surface area contributed by atoms with E-state index in [9.17, 15) is 9.59 Å². The summed E-state index contributed by atoms with van der Waals surface area (Å²) in [7, 11) is 0. The first kappa shape index (κ1) is 16.2. The minimum atomic E-state index is -1.04. The number of carboxylic acid groups (broad SMARTS) is 1. The number of carbonyl (C=O) groups excluding carboxylic acids is 1. The lowest BCUT2D eigenvalue weighted by atomic mass is 10.2. The third kappa shape index (κ3) is 4.01. The van der Waals surface area contributed by atoms with Gasteiger partial charge in [0.15, 0.2) is 5.82 Å². The number of furan rings is 1. The third-order valence-corrected chi connectivity index (χ3v) is 3.88. The Labute approximate surface area is 138 Å². The molecular formula is C16H19N3O5. The van der Waals surface area contributed by atoms with Crippen LogP contribution in [0.5, 0.6) is 0 Å². The molecule has 0 spiro atoms. The number of nitrogens with one attached hydrogen (secondary N) is 1. The molecule has 2 aromatic rings. The molecule has 8 nitrogen and oxygen atoms in total. The molecule has 2 N–H and O–H groups in total. The average Bonchev–Trinajstić information content (AvgIpc) is 3.16. The summed E-state index contributed by atoms with van der Waals surface area (Å²) in [5.74, 6) is 1.37. The zero-order valence-corrected chi connectivity index (χ0v) is 13.4. The molecule has 0 aromatic carbocycles. The zero-order valence-electron chi connectivity index (χ0n) is 13.4. The van der Waals surface area contributed by atoms with Gasteiger partial charge in [-0.1, -0.05) is 5.16 Å². The van der Waals surface area contributed by atoms with Crippen LogP contribution in [0.2, 0.25) is 0 Å². The summed E-state index contributed by atoms with van der Waals surface area (Å²) < 4.78 is 10.5. The molecule has 0 radical (unpaired) electrons. The van der Waals surface area contributed by atoms with Crippen LogP contribution in [0.4, 0.5) is 0 Å². The lowest BCUT2D eigenvalue weighted by Crippen LogP contribution is -2.22. The first-order chi connectivity index (χ1) is 11.5. The van der Waals surface area contributed by atoms with Crippen LogP contribution in [-0.4, -0.2) is 27.1 Å². The summed E-state index contributed by atoms with van der Waals surface area (Å²) in [4.78, 5) is 27.1. The van der Waals surface area contributed by atoms with Gasteiger partial charge in [-0.15, -0.1) is 0 Å². The second-order valence-electron chi connectivity index (χ2n) is 5.94. The highest BCUT2D eigenvalue weighted by Crippen LogP contribution is 2.38. The first-order valence-electron chi connectivity index (χ1n) is 7.94. The highest BCUT2D eigenvalue weighted by atomic mass is 16.5. The summed E-state index contributed by atoms with van der Waals surface area (Å²) in [6.07, 6.45) is 3.74. The summed E-state index contributed by atoms with van der Waals surface area (Å²) in [5, 5.41) is 15.6. The maximum absolute atomic E-state index is 11.8. The number of amides is 1. The molecular weight excluding hydrogens is 314 g/mol. The van der Waals surface area contributed by atoms with Gasteiger partial charge < -0.3 is 19.4 Å². The zero-order chi connectivity index (χ0) is 17.1. The molecule has 128 valence electrons. The summed E-state index contributed by atoms with van der Waals surface area (Å²) in [6, 6.07) is 1.43. The Morgan fingerprint density at radius 3 is 2.88 bits per heavy atom. The standard InChI is InChI=1S/C16H19N3O5/c1-9-12(16(21)22)7-11(23-9)8-17-13(20)3-2-4-14-18-15(19-24-14)10-5-6-10/h7,10H,2-6,8H2,1H3,(H,17,20)(H,21,22). The number of hydrogen-bond acceptors (Lipinski definition) is 6. The van der Waals surface area contributed by atoms with Gasteiger partial charge in [0, 0.05) is 18.8 Å². The summed E-state index contributed by atoms with van der Waals surface area (Å²) in [6.45, 7) is 1.74. The van der Waals surface area contributed by atoms with Gasteiger partial charge in [-0.05, 0) is 32.3 Å². The van der Waals surface area contributed by atoms with Crippen LogP contribution in [0, 0.1) is 6.92 Å². The molecule has 24 heavy (non-hydrogen) atoms. The van der Waals surface area contributed by atoms with Gasteiger partial charge in [0.05, 0.1) is 6.54 Å². The van der Waals surface area contributed by atoms with Crippen molar-refractivity contribution in [2.75, 3.05) is 0 Å². The largest absolute Gasteiger partial charge is 0.478 e. The SMILES string of the molecule is Cc1oc(CNC(=O)CCCc2nc(C3CC3)no2)cc1C(=O)O. The fourth-order valence-corrected chi connectivity index (χ4v) is 2.39. The predicted octanol–water partition coefficient (Wildman–Crippen LogP) is 2.19. The Hall–Kier alpha value is -2.64. The monoisotopic (exact) mass is 333 g/mol. The molecule has 1 aliphatic rings. The highest BCUT2D eigenvalue weighted by molar-refractivity contribution is 5.88. The molecule has 8 heteroatoms. The Kier molecular flexibility index (Phi) is 4.64. The minimum Gasteiger partial charge on any atom is -0.478 e. The van der Waals surface area contributed by atoms with Gasteiger partial charge in [0.1, 0.15) is 17.1 Å². The first-order valence-corrected chi connectivity index (χ1v) is 7.94. The Bertz CT molecular complexity index is 745. The molecule has 1 saturated carbocycles. The number of aromatic carboxylic acids is 1. The van der Waals surface area contributed by atoms with Crippen molar-refractivity contribution in [1.82, 2.24) is 15.5 Å². The molecule has 3 rings (SSSR count). The molecule has 1 aliphatic carbocycles. The average molecular weight is 333 g/mol. The van der Waals surface area contributed by atoms with E-state index in [1.165, 1.54) is 6.07 Å². The molecule has 0 aliphatic heterocycles. The molecule has 2 heterocycles. The van der Waals surface area contributed by atoms with E-state index >= 15 is 0 Å². The van der Waals surface area contributed by atoms with Crippen LogP contribution in [0.3, 0.4) is 0 Å². The van der Waals surface area contributed by atoms with E-state index in [0.29, 0.717) is 42.6 Å². The van der Waals surface area contributed by atoms with E-state index in [1.54, 1.807) is 6.92 Å². The van der Waals surface area contributed by atoms with Crippen molar-refractivity contribution in [2.24, 2.45) is 0 Å². The van der Waals surface area contributed by atoms with Crippen LogP contribution < -0.4 is 5.32 Å². The van der Waals surface area contributed by atoms with Crippen molar-refractivity contribution in [1.29, 1.82) is 0 Å². The van der Waals surface area contributed by atoms with Crippen LogP contribution >= 0.6 is 0 Å². The Morgan fingerprint density at radius 1 is 1.42 bits per heavy atom. The lowest BCUT2D eigenvalue weighted by molar-refractivity contribution is -0.121. The van der Waals surface area contributed by atoms with Gasteiger partial charge >= 0.3 is 5.97 Å². The second kappa shape index (κ2) is 6.86. The minimum absolute atomic E-state index is 0.113. The van der Waals surface area contributed by atoms with E-state index in [-0.39, 0.29) is 18.0 Å². The van der Waals surface area contributed by atoms with E-state index < -0.39 is 5.97 Å². The number of aromatic nitrogens is 2. The van der Waals surface area contributed by atoms with Crippen LogP contribution in [-0.2, 0) is 17.8 Å². The van der Waals surface area contributed by atoms with Gasteiger partial charge in [-0.3, -0.25) is 4.79 Å². The molecule has 0 unspecified atom stereocenters. The quantitative estimate of drug-likeness (QED) is 0.760. The topological polar surface area (TPSA) is 118 Å². The van der Waals surface area contributed by atoms with Gasteiger partial charge in [0.25, 0.3) is 0 Å². The molecule has 2 aromatic heterocycles. The molecule has 0 bridgehead atoms. The smallest absolute Gasteiger partial charge is 0.339 e. The summed E-state index contributed by atoms with van der Waals surface area (Å²) >= 11 is 0. The number of carbonyl (C=O) groups is 2. The van der Waals surface area contributed by atoms with Crippen molar-refractivity contribution >= 4 is 11.9 Å². The lowest BCUT2D eigenvalue weighted by Gasteiger charge is -2.02. The van der Waals surface area contributed by atoms with Crippen LogP contribution in [0.25, 0.3) is 0 Å².